The number of ketones is 1. The van der Waals surface area contributed by atoms with Crippen LogP contribution in [0.2, 0.25) is 0 Å². The minimum absolute atomic E-state index is 0.209. The van der Waals surface area contributed by atoms with Crippen LogP contribution in [0.25, 0.3) is 0 Å². The molecule has 2 rings (SSSR count). The lowest BCUT2D eigenvalue weighted by Crippen LogP contribution is -2.11. The maximum atomic E-state index is 13.2. The smallest absolute Gasteiger partial charge is 0.289 e. The molecule has 2 aromatic carbocycles. The molecule has 2 aromatic rings. The van der Waals surface area contributed by atoms with E-state index in [2.05, 4.69) is 15.9 Å². The van der Waals surface area contributed by atoms with E-state index < -0.39 is 23.3 Å². The second kappa shape index (κ2) is 5.60. The summed E-state index contributed by atoms with van der Waals surface area (Å²) < 4.78 is 51.8. The number of benzene rings is 2. The number of rotatable bonds is 2. The first-order valence-corrected chi connectivity index (χ1v) is 6.67. The first-order valence-electron chi connectivity index (χ1n) is 5.88. The highest BCUT2D eigenvalue weighted by atomic mass is 79.9. The Labute approximate surface area is 126 Å². The predicted molar refractivity (Wildman–Crippen MR) is 73.7 cm³/mol. The van der Waals surface area contributed by atoms with Crippen LogP contribution in [-0.4, -0.2) is 5.78 Å². The van der Waals surface area contributed by atoms with Crippen LogP contribution < -0.4 is 0 Å². The maximum Gasteiger partial charge on any atom is 0.419 e. The Morgan fingerprint density at radius 3 is 2.19 bits per heavy atom. The fourth-order valence-corrected chi connectivity index (χ4v) is 2.16. The van der Waals surface area contributed by atoms with Crippen LogP contribution in [0.5, 0.6) is 0 Å². The molecule has 0 bridgehead atoms. The van der Waals surface area contributed by atoms with Crippen molar-refractivity contribution in [3.05, 3.63) is 68.9 Å². The molecule has 0 saturated carbocycles. The van der Waals surface area contributed by atoms with E-state index in [1.165, 1.54) is 12.1 Å². The van der Waals surface area contributed by atoms with E-state index in [9.17, 15) is 22.4 Å². The van der Waals surface area contributed by atoms with E-state index in [0.29, 0.717) is 16.6 Å². The summed E-state index contributed by atoms with van der Waals surface area (Å²) in [7, 11) is 0. The lowest BCUT2D eigenvalue weighted by molar-refractivity contribution is -0.140. The summed E-state index contributed by atoms with van der Waals surface area (Å²) in [5.41, 5.74) is -0.534. The summed E-state index contributed by atoms with van der Waals surface area (Å²) in [5, 5.41) is 0. The SMILES string of the molecule is Cc1ccc(C(=O)c2ccc(F)c(C(F)(F)F)c2)cc1Br. The average Bonchev–Trinajstić information content (AvgIpc) is 2.40. The fourth-order valence-electron chi connectivity index (χ4n) is 1.78. The third-order valence-corrected chi connectivity index (χ3v) is 3.82. The van der Waals surface area contributed by atoms with Gasteiger partial charge in [0, 0.05) is 15.6 Å². The molecule has 110 valence electrons. The van der Waals surface area contributed by atoms with Crippen LogP contribution in [0.4, 0.5) is 17.6 Å². The molecular formula is C15H9BrF4O. The molecule has 0 aliphatic carbocycles. The zero-order valence-electron chi connectivity index (χ0n) is 10.8. The van der Waals surface area contributed by atoms with Crippen LogP contribution in [0.15, 0.2) is 40.9 Å². The van der Waals surface area contributed by atoms with Gasteiger partial charge in [-0.15, -0.1) is 0 Å². The Hall–Kier alpha value is -1.69. The van der Waals surface area contributed by atoms with E-state index in [4.69, 9.17) is 0 Å². The molecule has 0 aromatic heterocycles. The van der Waals surface area contributed by atoms with Crippen molar-refractivity contribution in [3.8, 4) is 0 Å². The Balaban J connectivity index is 2.46. The van der Waals surface area contributed by atoms with Gasteiger partial charge in [0.2, 0.25) is 0 Å². The van der Waals surface area contributed by atoms with Crippen molar-refractivity contribution in [3.63, 3.8) is 0 Å². The summed E-state index contributed by atoms with van der Waals surface area (Å²) in [4.78, 5) is 12.2. The van der Waals surface area contributed by atoms with Crippen LogP contribution in [0.1, 0.15) is 27.0 Å². The largest absolute Gasteiger partial charge is 0.419 e. The molecule has 0 amide bonds. The number of alkyl halides is 3. The van der Waals surface area contributed by atoms with Gasteiger partial charge < -0.3 is 0 Å². The normalized spacial score (nSPS) is 11.5. The molecule has 6 heteroatoms. The highest BCUT2D eigenvalue weighted by Crippen LogP contribution is 2.32. The van der Waals surface area contributed by atoms with Crippen molar-refractivity contribution >= 4 is 21.7 Å². The molecule has 1 nitrogen and oxygen atoms in total. The van der Waals surface area contributed by atoms with Gasteiger partial charge in [0.05, 0.1) is 5.56 Å². The summed E-state index contributed by atoms with van der Waals surface area (Å²) in [6.07, 6.45) is -4.84. The van der Waals surface area contributed by atoms with E-state index in [-0.39, 0.29) is 11.1 Å². The molecule has 0 aliphatic rings. The topological polar surface area (TPSA) is 17.1 Å². The molecular weight excluding hydrogens is 352 g/mol. The quantitative estimate of drug-likeness (QED) is 0.534. The van der Waals surface area contributed by atoms with Gasteiger partial charge in [-0.2, -0.15) is 13.2 Å². The van der Waals surface area contributed by atoms with Crippen LogP contribution in [-0.2, 0) is 6.18 Å². The second-order valence-corrected chi connectivity index (χ2v) is 5.34. The molecule has 0 unspecified atom stereocenters. The van der Waals surface area contributed by atoms with Gasteiger partial charge in [0.1, 0.15) is 5.82 Å². The number of carbonyl (C=O) groups is 1. The molecule has 0 N–H and O–H groups in total. The first kappa shape index (κ1) is 15.7. The van der Waals surface area contributed by atoms with E-state index >= 15 is 0 Å². The summed E-state index contributed by atoms with van der Waals surface area (Å²) in [6.45, 7) is 1.82. The average molecular weight is 361 g/mol. The molecule has 0 radical (unpaired) electrons. The van der Waals surface area contributed by atoms with Gasteiger partial charge in [-0.1, -0.05) is 28.1 Å². The number of aryl methyl sites for hydroxylation is 1. The molecule has 21 heavy (non-hydrogen) atoms. The lowest BCUT2D eigenvalue weighted by Gasteiger charge is -2.10. The van der Waals surface area contributed by atoms with Crippen molar-refractivity contribution in [2.45, 2.75) is 13.1 Å². The van der Waals surface area contributed by atoms with Gasteiger partial charge >= 0.3 is 6.18 Å². The molecule has 0 saturated heterocycles. The number of halogens is 5. The zero-order valence-corrected chi connectivity index (χ0v) is 12.3. The predicted octanol–water partition coefficient (Wildman–Crippen LogP) is 5.15. The van der Waals surface area contributed by atoms with Crippen LogP contribution in [0, 0.1) is 12.7 Å². The Kier molecular flexibility index (Phi) is 4.18. The Morgan fingerprint density at radius 2 is 1.62 bits per heavy atom. The Bertz CT molecular complexity index is 707. The Morgan fingerprint density at radius 1 is 1.05 bits per heavy atom. The number of hydrogen-bond donors (Lipinski definition) is 0. The third-order valence-electron chi connectivity index (χ3n) is 2.97. The molecule has 0 spiro atoms. The van der Waals surface area contributed by atoms with Gasteiger partial charge in [-0.3, -0.25) is 4.79 Å². The summed E-state index contributed by atoms with van der Waals surface area (Å²) >= 11 is 3.25. The van der Waals surface area contributed by atoms with Crippen LogP contribution >= 0.6 is 15.9 Å². The van der Waals surface area contributed by atoms with Gasteiger partial charge in [-0.05, 0) is 36.8 Å². The van der Waals surface area contributed by atoms with E-state index in [1.54, 1.807) is 6.07 Å². The molecule has 0 atom stereocenters. The lowest BCUT2D eigenvalue weighted by atomic mass is 10.00. The minimum atomic E-state index is -4.84. The third kappa shape index (κ3) is 3.32. The van der Waals surface area contributed by atoms with E-state index in [1.807, 2.05) is 6.92 Å². The van der Waals surface area contributed by atoms with Crippen LogP contribution in [0.3, 0.4) is 0 Å². The van der Waals surface area contributed by atoms with Gasteiger partial charge in [0.25, 0.3) is 0 Å². The summed E-state index contributed by atoms with van der Waals surface area (Å²) in [5.74, 6) is -2.00. The monoisotopic (exact) mass is 360 g/mol. The second-order valence-electron chi connectivity index (χ2n) is 4.49. The van der Waals surface area contributed by atoms with Crippen molar-refractivity contribution in [1.82, 2.24) is 0 Å². The van der Waals surface area contributed by atoms with Gasteiger partial charge in [0.15, 0.2) is 5.78 Å². The summed E-state index contributed by atoms with van der Waals surface area (Å²) in [6, 6.07) is 6.93. The maximum absolute atomic E-state index is 13.2. The highest BCUT2D eigenvalue weighted by Gasteiger charge is 2.34. The zero-order chi connectivity index (χ0) is 15.8. The van der Waals surface area contributed by atoms with Crippen molar-refractivity contribution in [2.75, 3.05) is 0 Å². The number of carbonyl (C=O) groups excluding carboxylic acids is 1. The molecule has 0 aliphatic heterocycles. The van der Waals surface area contributed by atoms with Gasteiger partial charge in [-0.25, -0.2) is 4.39 Å². The fraction of sp³-hybridized carbons (Fsp3) is 0.133. The standard InChI is InChI=1S/C15H9BrF4O/c1-8-2-3-10(7-12(8)16)14(21)9-4-5-13(17)11(6-9)15(18,19)20/h2-7H,1H3. The molecule has 0 fully saturated rings. The highest BCUT2D eigenvalue weighted by molar-refractivity contribution is 9.10. The minimum Gasteiger partial charge on any atom is -0.289 e. The first-order chi connectivity index (χ1) is 9.70. The molecule has 0 heterocycles. The van der Waals surface area contributed by atoms with Crippen molar-refractivity contribution in [1.29, 1.82) is 0 Å². The number of hydrogen-bond acceptors (Lipinski definition) is 1. The van der Waals surface area contributed by atoms with E-state index in [0.717, 1.165) is 11.6 Å². The van der Waals surface area contributed by atoms with Crippen molar-refractivity contribution in [2.24, 2.45) is 0 Å². The van der Waals surface area contributed by atoms with Crippen molar-refractivity contribution < 1.29 is 22.4 Å².